The molecule has 0 saturated heterocycles. The highest BCUT2D eigenvalue weighted by molar-refractivity contribution is 4.65. The highest BCUT2D eigenvalue weighted by atomic mass is 15.1. The molecule has 1 nitrogen and oxygen atoms in total. The lowest BCUT2D eigenvalue weighted by atomic mass is 10.1. The Morgan fingerprint density at radius 1 is 0.812 bits per heavy atom. The normalized spacial score (nSPS) is 9.81. The molecule has 1 heteroatoms. The van der Waals surface area contributed by atoms with Crippen LogP contribution in [0.5, 0.6) is 0 Å². The minimum atomic E-state index is 1.19. The topological polar surface area (TPSA) is 3.24 Å². The summed E-state index contributed by atoms with van der Waals surface area (Å²) in [5, 5.41) is 0. The minimum absolute atomic E-state index is 1.19. The fourth-order valence-corrected chi connectivity index (χ4v) is 1.56. The van der Waals surface area contributed by atoms with Crippen LogP contribution >= 0.6 is 0 Å². The van der Waals surface area contributed by atoms with Crippen LogP contribution in [-0.4, -0.2) is 24.5 Å². The van der Waals surface area contributed by atoms with Gasteiger partial charge in [0.15, 0.2) is 0 Å². The SMILES string of the molecule is C=CCCCCCCC.CCN(CC)CC. The Morgan fingerprint density at radius 3 is 1.62 bits per heavy atom. The van der Waals surface area contributed by atoms with E-state index in [9.17, 15) is 0 Å². The van der Waals surface area contributed by atoms with Gasteiger partial charge in [0.2, 0.25) is 0 Å². The molecule has 0 N–H and O–H groups in total. The maximum absolute atomic E-state index is 3.68. The third-order valence-corrected chi connectivity index (χ3v) is 2.85. The lowest BCUT2D eigenvalue weighted by molar-refractivity contribution is 0.321. The quantitative estimate of drug-likeness (QED) is 0.401. The van der Waals surface area contributed by atoms with Crippen LogP contribution in [0, 0.1) is 0 Å². The van der Waals surface area contributed by atoms with Gasteiger partial charge in [-0.3, -0.25) is 0 Å². The molecule has 98 valence electrons. The van der Waals surface area contributed by atoms with Crippen LogP contribution in [0.25, 0.3) is 0 Å². The van der Waals surface area contributed by atoms with Crippen molar-refractivity contribution in [1.29, 1.82) is 0 Å². The average Bonchev–Trinajstić information content (AvgIpc) is 2.32. The molecule has 0 aromatic carbocycles. The number of nitrogens with zero attached hydrogens (tertiary/aromatic N) is 1. The minimum Gasteiger partial charge on any atom is -0.304 e. The predicted molar refractivity (Wildman–Crippen MR) is 77.0 cm³/mol. The highest BCUT2D eigenvalue weighted by Crippen LogP contribution is 2.04. The summed E-state index contributed by atoms with van der Waals surface area (Å²) in [6.45, 7) is 16.0. The van der Waals surface area contributed by atoms with E-state index < -0.39 is 0 Å². The van der Waals surface area contributed by atoms with Crippen molar-refractivity contribution in [2.24, 2.45) is 0 Å². The maximum Gasteiger partial charge on any atom is -0.00474 e. The molecule has 0 saturated carbocycles. The molecule has 0 aliphatic heterocycles. The van der Waals surface area contributed by atoms with Gasteiger partial charge in [0.05, 0.1) is 0 Å². The van der Waals surface area contributed by atoms with Crippen molar-refractivity contribution in [1.82, 2.24) is 4.90 Å². The van der Waals surface area contributed by atoms with Crippen molar-refractivity contribution in [2.45, 2.75) is 66.2 Å². The van der Waals surface area contributed by atoms with Crippen LogP contribution in [0.2, 0.25) is 0 Å². The van der Waals surface area contributed by atoms with Crippen LogP contribution in [0.3, 0.4) is 0 Å². The third-order valence-electron chi connectivity index (χ3n) is 2.85. The zero-order valence-electron chi connectivity index (χ0n) is 12.1. The summed E-state index contributed by atoms with van der Waals surface area (Å²) in [6.07, 6.45) is 10.1. The smallest absolute Gasteiger partial charge is 0.00474 e. The Bertz CT molecular complexity index is 111. The van der Waals surface area contributed by atoms with Crippen molar-refractivity contribution in [3.8, 4) is 0 Å². The summed E-state index contributed by atoms with van der Waals surface area (Å²) in [6, 6.07) is 0. The summed E-state index contributed by atoms with van der Waals surface area (Å²) >= 11 is 0. The largest absolute Gasteiger partial charge is 0.304 e. The van der Waals surface area contributed by atoms with E-state index in [1.807, 2.05) is 6.08 Å². The van der Waals surface area contributed by atoms with E-state index in [1.165, 1.54) is 58.2 Å². The van der Waals surface area contributed by atoms with Gasteiger partial charge in [-0.05, 0) is 32.5 Å². The van der Waals surface area contributed by atoms with E-state index in [4.69, 9.17) is 0 Å². The van der Waals surface area contributed by atoms with Crippen LogP contribution in [0.1, 0.15) is 66.2 Å². The molecular formula is C15H33N. The first kappa shape index (κ1) is 18.1. The van der Waals surface area contributed by atoms with Crippen LogP contribution in [0.4, 0.5) is 0 Å². The summed E-state index contributed by atoms with van der Waals surface area (Å²) in [5.41, 5.74) is 0. The van der Waals surface area contributed by atoms with Crippen LogP contribution in [0.15, 0.2) is 12.7 Å². The summed E-state index contributed by atoms with van der Waals surface area (Å²) in [5.74, 6) is 0. The summed E-state index contributed by atoms with van der Waals surface area (Å²) in [4.78, 5) is 2.38. The van der Waals surface area contributed by atoms with Crippen molar-refractivity contribution in [3.05, 3.63) is 12.7 Å². The van der Waals surface area contributed by atoms with Gasteiger partial charge >= 0.3 is 0 Å². The lowest BCUT2D eigenvalue weighted by Crippen LogP contribution is -2.21. The van der Waals surface area contributed by atoms with E-state index in [0.29, 0.717) is 0 Å². The van der Waals surface area contributed by atoms with Crippen molar-refractivity contribution in [2.75, 3.05) is 19.6 Å². The second-order valence-electron chi connectivity index (χ2n) is 4.11. The van der Waals surface area contributed by atoms with E-state index >= 15 is 0 Å². The Hall–Kier alpha value is -0.300. The molecule has 0 unspecified atom stereocenters. The molecule has 0 atom stereocenters. The average molecular weight is 227 g/mol. The fourth-order valence-electron chi connectivity index (χ4n) is 1.56. The zero-order valence-corrected chi connectivity index (χ0v) is 12.1. The Balaban J connectivity index is 0. The van der Waals surface area contributed by atoms with Crippen molar-refractivity contribution < 1.29 is 0 Å². The number of rotatable bonds is 9. The molecule has 0 radical (unpaired) electrons. The number of allylic oxidation sites excluding steroid dienone is 1. The Morgan fingerprint density at radius 2 is 1.31 bits per heavy atom. The number of unbranched alkanes of at least 4 members (excludes halogenated alkanes) is 5. The predicted octanol–water partition coefficient (Wildman–Crippen LogP) is 4.88. The standard InChI is InChI=1S/C9H18.C6H15N/c1-3-5-7-9-8-6-4-2;1-4-7(5-2)6-3/h3H,1,4-9H2,2H3;4-6H2,1-3H3. The highest BCUT2D eigenvalue weighted by Gasteiger charge is 1.89. The Labute approximate surface area is 104 Å². The summed E-state index contributed by atoms with van der Waals surface area (Å²) < 4.78 is 0. The molecule has 0 aliphatic carbocycles. The monoisotopic (exact) mass is 227 g/mol. The van der Waals surface area contributed by atoms with Gasteiger partial charge in [0.1, 0.15) is 0 Å². The van der Waals surface area contributed by atoms with Gasteiger partial charge < -0.3 is 4.90 Å². The molecule has 16 heavy (non-hydrogen) atoms. The molecule has 0 rings (SSSR count). The van der Waals surface area contributed by atoms with E-state index in [0.717, 1.165) is 0 Å². The molecule has 0 aliphatic rings. The van der Waals surface area contributed by atoms with E-state index in [2.05, 4.69) is 39.2 Å². The van der Waals surface area contributed by atoms with E-state index in [1.54, 1.807) is 0 Å². The van der Waals surface area contributed by atoms with Crippen LogP contribution < -0.4 is 0 Å². The molecule has 0 spiro atoms. The second kappa shape index (κ2) is 17.1. The molecule has 0 aromatic rings. The first-order valence-electron chi connectivity index (χ1n) is 7.09. The molecule has 0 fully saturated rings. The third kappa shape index (κ3) is 16.1. The van der Waals surface area contributed by atoms with Crippen LogP contribution in [-0.2, 0) is 0 Å². The maximum atomic E-state index is 3.68. The molecular weight excluding hydrogens is 194 g/mol. The molecule has 0 bridgehead atoms. The van der Waals surface area contributed by atoms with Gasteiger partial charge in [-0.2, -0.15) is 0 Å². The van der Waals surface area contributed by atoms with Gasteiger partial charge in [-0.1, -0.05) is 59.5 Å². The molecule has 0 amide bonds. The fraction of sp³-hybridized carbons (Fsp3) is 0.867. The van der Waals surface area contributed by atoms with Gasteiger partial charge in [0, 0.05) is 0 Å². The summed E-state index contributed by atoms with van der Waals surface area (Å²) in [7, 11) is 0. The van der Waals surface area contributed by atoms with Gasteiger partial charge in [0.25, 0.3) is 0 Å². The molecule has 0 heterocycles. The molecule has 0 aromatic heterocycles. The van der Waals surface area contributed by atoms with E-state index in [-0.39, 0.29) is 0 Å². The number of hydrogen-bond acceptors (Lipinski definition) is 1. The Kier molecular flexibility index (Phi) is 19.3. The number of hydrogen-bond donors (Lipinski definition) is 0. The zero-order chi connectivity index (χ0) is 12.6. The van der Waals surface area contributed by atoms with Gasteiger partial charge in [-0.15, -0.1) is 6.58 Å². The van der Waals surface area contributed by atoms with Crippen molar-refractivity contribution >= 4 is 0 Å². The second-order valence-corrected chi connectivity index (χ2v) is 4.11. The van der Waals surface area contributed by atoms with Crippen molar-refractivity contribution in [3.63, 3.8) is 0 Å². The van der Waals surface area contributed by atoms with Gasteiger partial charge in [-0.25, -0.2) is 0 Å². The lowest BCUT2D eigenvalue weighted by Gasteiger charge is -2.13. The first-order valence-corrected chi connectivity index (χ1v) is 7.09. The first-order chi connectivity index (χ1) is 7.76.